The second kappa shape index (κ2) is 8.75. The number of halogens is 1. The molecule has 1 aliphatic heterocycles. The number of aromatic amines is 1. The molecule has 2 amide bonds. The molecule has 3 aromatic rings. The van der Waals surface area contributed by atoms with Crippen LogP contribution >= 0.6 is 11.6 Å². The van der Waals surface area contributed by atoms with E-state index in [1.165, 1.54) is 5.56 Å². The highest BCUT2D eigenvalue weighted by Crippen LogP contribution is 2.43. The molecular weight excluding hydrogens is 456 g/mol. The highest BCUT2D eigenvalue weighted by atomic mass is 35.5. The number of hydrogen-bond acceptors (Lipinski definition) is 7. The number of H-pyrrole nitrogens is 1. The van der Waals surface area contributed by atoms with E-state index in [9.17, 15) is 4.79 Å². The van der Waals surface area contributed by atoms with Crippen LogP contribution in [0.5, 0.6) is 6.01 Å². The number of carbonyl (C=O) groups is 1. The summed E-state index contributed by atoms with van der Waals surface area (Å²) in [6.07, 6.45) is 1.77. The number of ether oxygens (including phenoxy) is 1. The summed E-state index contributed by atoms with van der Waals surface area (Å²) < 4.78 is 5.48. The van der Waals surface area contributed by atoms with Gasteiger partial charge in [0.2, 0.25) is 11.2 Å². The van der Waals surface area contributed by atoms with Gasteiger partial charge in [-0.1, -0.05) is 37.3 Å². The van der Waals surface area contributed by atoms with E-state index < -0.39 is 5.54 Å². The van der Waals surface area contributed by atoms with Crippen LogP contribution in [0.2, 0.25) is 5.28 Å². The summed E-state index contributed by atoms with van der Waals surface area (Å²) >= 11 is 6.04. The smallest absolute Gasteiger partial charge is 0.322 e. The minimum absolute atomic E-state index is 0.0227. The maximum absolute atomic E-state index is 13.2. The van der Waals surface area contributed by atoms with Crippen molar-refractivity contribution in [3.8, 4) is 6.01 Å². The van der Waals surface area contributed by atoms with Crippen molar-refractivity contribution in [2.24, 2.45) is 0 Å². The van der Waals surface area contributed by atoms with Crippen molar-refractivity contribution < 1.29 is 9.53 Å². The van der Waals surface area contributed by atoms with Crippen molar-refractivity contribution in [2.75, 3.05) is 11.9 Å². The van der Waals surface area contributed by atoms with E-state index in [0.29, 0.717) is 24.9 Å². The third-order valence-electron chi connectivity index (χ3n) is 6.30. The Balaban J connectivity index is 1.29. The van der Waals surface area contributed by atoms with Crippen LogP contribution in [0.15, 0.2) is 30.3 Å². The van der Waals surface area contributed by atoms with E-state index in [1.54, 1.807) is 0 Å². The van der Waals surface area contributed by atoms with Gasteiger partial charge in [0.25, 0.3) is 0 Å². The Bertz CT molecular complexity index is 1200. The molecule has 0 bridgehead atoms. The van der Waals surface area contributed by atoms with Crippen molar-refractivity contribution in [1.82, 2.24) is 35.4 Å². The van der Waals surface area contributed by atoms with Gasteiger partial charge in [-0.15, -0.1) is 0 Å². The highest BCUT2D eigenvalue weighted by Gasteiger charge is 2.46. The van der Waals surface area contributed by atoms with E-state index in [-0.39, 0.29) is 29.3 Å². The van der Waals surface area contributed by atoms with Gasteiger partial charge in [0, 0.05) is 17.5 Å². The Kier molecular flexibility index (Phi) is 5.76. The Morgan fingerprint density at radius 3 is 2.82 bits per heavy atom. The summed E-state index contributed by atoms with van der Waals surface area (Å²) in [4.78, 5) is 27.4. The monoisotopic (exact) mass is 482 g/mol. The van der Waals surface area contributed by atoms with Crippen LogP contribution in [0.3, 0.4) is 0 Å². The lowest BCUT2D eigenvalue weighted by atomic mass is 10.0. The van der Waals surface area contributed by atoms with Gasteiger partial charge in [0.05, 0.1) is 24.4 Å². The lowest BCUT2D eigenvalue weighted by Gasteiger charge is -2.32. The number of amides is 2. The van der Waals surface area contributed by atoms with E-state index in [0.717, 1.165) is 24.1 Å². The van der Waals surface area contributed by atoms with Crippen molar-refractivity contribution in [3.05, 3.63) is 52.4 Å². The lowest BCUT2D eigenvalue weighted by molar-refractivity contribution is 0.142. The molecule has 0 saturated heterocycles. The van der Waals surface area contributed by atoms with Crippen LogP contribution < -0.4 is 15.4 Å². The minimum Gasteiger partial charge on any atom is -0.463 e. The molecule has 3 heterocycles. The molecule has 2 aliphatic rings. The normalized spacial score (nSPS) is 20.1. The largest absolute Gasteiger partial charge is 0.463 e. The number of rotatable bonds is 7. The zero-order valence-electron chi connectivity index (χ0n) is 19.3. The van der Waals surface area contributed by atoms with Crippen LogP contribution in [-0.2, 0) is 12.1 Å². The number of anilines is 2. The summed E-state index contributed by atoms with van der Waals surface area (Å²) in [6, 6.07) is 10.5. The number of fused-ring (bicyclic) bond motifs is 1. The molecule has 178 valence electrons. The number of aromatic nitrogens is 5. The summed E-state index contributed by atoms with van der Waals surface area (Å²) in [5, 5.41) is 13.8. The number of urea groups is 1. The quantitative estimate of drug-likeness (QED) is 0.463. The molecule has 34 heavy (non-hydrogen) atoms. The molecular formula is C23H27ClN8O2. The number of nitrogens with one attached hydrogen (secondary N) is 3. The first-order valence-electron chi connectivity index (χ1n) is 11.4. The highest BCUT2D eigenvalue weighted by molar-refractivity contribution is 6.28. The van der Waals surface area contributed by atoms with Crippen LogP contribution in [0.1, 0.15) is 56.4 Å². The van der Waals surface area contributed by atoms with Crippen molar-refractivity contribution in [2.45, 2.75) is 57.7 Å². The van der Waals surface area contributed by atoms with Gasteiger partial charge in [-0.2, -0.15) is 20.1 Å². The van der Waals surface area contributed by atoms with Crippen molar-refractivity contribution in [1.29, 1.82) is 0 Å². The molecule has 1 saturated carbocycles. The molecule has 1 aliphatic carbocycles. The zero-order valence-corrected chi connectivity index (χ0v) is 20.1. The van der Waals surface area contributed by atoms with Gasteiger partial charge < -0.3 is 20.3 Å². The molecule has 1 unspecified atom stereocenters. The van der Waals surface area contributed by atoms with E-state index in [4.69, 9.17) is 16.3 Å². The van der Waals surface area contributed by atoms with Crippen molar-refractivity contribution in [3.63, 3.8) is 0 Å². The Morgan fingerprint density at radius 2 is 2.06 bits per heavy atom. The fraction of sp³-hybridized carbons (Fsp3) is 0.435. The first-order valence-corrected chi connectivity index (χ1v) is 11.8. The molecule has 2 atom stereocenters. The number of nitrogens with zero attached hydrogens (tertiary/aromatic N) is 5. The average Bonchev–Trinajstić information content (AvgIpc) is 3.36. The predicted molar refractivity (Wildman–Crippen MR) is 127 cm³/mol. The maximum atomic E-state index is 13.2. The van der Waals surface area contributed by atoms with E-state index in [2.05, 4.69) is 47.9 Å². The molecule has 1 fully saturated rings. The summed E-state index contributed by atoms with van der Waals surface area (Å²) in [7, 11) is 0. The fourth-order valence-corrected chi connectivity index (χ4v) is 4.51. The summed E-state index contributed by atoms with van der Waals surface area (Å²) in [5.74, 6) is 1.13. The van der Waals surface area contributed by atoms with Crippen LogP contribution in [0, 0.1) is 0 Å². The third-order valence-corrected chi connectivity index (χ3v) is 6.46. The average molecular weight is 483 g/mol. The SMILES string of the molecule is CCCOc1nc(Cl)nc(Nc2n[nH]c3c2CN(C(=O)NC2C[C@@H]2c2ccccc2)C3(C)C)n1. The second-order valence-corrected chi connectivity index (χ2v) is 9.40. The van der Waals surface area contributed by atoms with Crippen LogP contribution in [-0.4, -0.2) is 48.7 Å². The standard InChI is InChI=1S/C23H27ClN8O2/c1-4-10-34-21-28-19(24)27-20(29-21)26-18-15-12-32(23(2,3)17(15)30-31-18)22(33)25-16-11-14(16)13-8-6-5-7-9-13/h5-9,14,16H,4,10-12H2,1-3H3,(H,25,33)(H2,26,27,28,29,30,31)/t14-,16?/m1/s1. The van der Waals surface area contributed by atoms with Crippen molar-refractivity contribution >= 4 is 29.4 Å². The molecule has 0 radical (unpaired) electrons. The van der Waals surface area contributed by atoms with Gasteiger partial charge in [-0.05, 0) is 43.9 Å². The lowest BCUT2D eigenvalue weighted by Crippen LogP contribution is -2.47. The molecule has 11 heteroatoms. The van der Waals surface area contributed by atoms with Gasteiger partial charge in [-0.25, -0.2) is 4.79 Å². The Hall–Kier alpha value is -3.40. The summed E-state index contributed by atoms with van der Waals surface area (Å²) in [6.45, 7) is 6.86. The molecule has 3 N–H and O–H groups in total. The number of benzene rings is 1. The van der Waals surface area contributed by atoms with Gasteiger partial charge in [-0.3, -0.25) is 5.10 Å². The second-order valence-electron chi connectivity index (χ2n) is 9.06. The van der Waals surface area contributed by atoms with Gasteiger partial charge in [0.15, 0.2) is 5.82 Å². The Morgan fingerprint density at radius 1 is 1.26 bits per heavy atom. The molecule has 2 aromatic heterocycles. The molecule has 10 nitrogen and oxygen atoms in total. The van der Waals surface area contributed by atoms with Crippen LogP contribution in [0.4, 0.5) is 16.6 Å². The number of carbonyl (C=O) groups excluding carboxylic acids is 1. The molecule has 1 aromatic carbocycles. The first kappa shape index (κ1) is 22.4. The zero-order chi connectivity index (χ0) is 23.9. The predicted octanol–water partition coefficient (Wildman–Crippen LogP) is 4.10. The van der Waals surface area contributed by atoms with E-state index >= 15 is 0 Å². The minimum atomic E-state index is -0.560. The fourth-order valence-electron chi connectivity index (χ4n) is 4.36. The van der Waals surface area contributed by atoms with Crippen LogP contribution in [0.25, 0.3) is 0 Å². The molecule has 0 spiro atoms. The first-order chi connectivity index (χ1) is 16.4. The Labute approximate surface area is 202 Å². The van der Waals surface area contributed by atoms with Gasteiger partial charge in [0.1, 0.15) is 0 Å². The van der Waals surface area contributed by atoms with Gasteiger partial charge >= 0.3 is 12.0 Å². The van der Waals surface area contributed by atoms with E-state index in [1.807, 2.05) is 43.9 Å². The summed E-state index contributed by atoms with van der Waals surface area (Å²) in [5.41, 5.74) is 2.44. The molecule has 5 rings (SSSR count). The third kappa shape index (κ3) is 4.25. The number of hydrogen-bond donors (Lipinski definition) is 3. The maximum Gasteiger partial charge on any atom is 0.322 e. The topological polar surface area (TPSA) is 121 Å².